The van der Waals surface area contributed by atoms with Crippen molar-refractivity contribution in [1.82, 2.24) is 4.98 Å². The zero-order chi connectivity index (χ0) is 33.8. The summed E-state index contributed by atoms with van der Waals surface area (Å²) in [7, 11) is 0. The Kier molecular flexibility index (Phi) is 6.71. The molecule has 2 heterocycles. The second kappa shape index (κ2) is 11.7. The Morgan fingerprint density at radius 3 is 1.55 bits per heavy atom. The Labute approximate surface area is 297 Å². The molecule has 2 aliphatic rings. The largest absolute Gasteiger partial charge is 0.457 e. The quantitative estimate of drug-likeness (QED) is 0.185. The van der Waals surface area contributed by atoms with Crippen molar-refractivity contribution in [3.8, 4) is 44.9 Å². The van der Waals surface area contributed by atoms with Gasteiger partial charge in [-0.15, -0.1) is 0 Å². The number of aromatic nitrogens is 1. The van der Waals surface area contributed by atoms with Gasteiger partial charge >= 0.3 is 0 Å². The van der Waals surface area contributed by atoms with E-state index < -0.39 is 5.41 Å². The van der Waals surface area contributed by atoms with Crippen molar-refractivity contribution < 1.29 is 4.74 Å². The van der Waals surface area contributed by atoms with Gasteiger partial charge in [0.25, 0.3) is 0 Å². The SMILES string of the molecule is c1ccc(-c2ccc(N(c3ccc(-c4cccnc4)cc3)c3ccc4c(c3)C3(c5ccccc5Oc5ccccc53)c3ccccc3-4)cc2)cc1. The number of ether oxygens (including phenoxy) is 1. The number of rotatable bonds is 5. The van der Waals surface area contributed by atoms with E-state index in [0.717, 1.165) is 50.8 Å². The van der Waals surface area contributed by atoms with Crippen LogP contribution in [0.3, 0.4) is 0 Å². The highest BCUT2D eigenvalue weighted by atomic mass is 16.5. The third-order valence-electron chi connectivity index (χ3n) is 10.4. The lowest BCUT2D eigenvalue weighted by Crippen LogP contribution is -2.32. The highest BCUT2D eigenvalue weighted by Crippen LogP contribution is 2.62. The van der Waals surface area contributed by atoms with Gasteiger partial charge in [0.05, 0.1) is 5.41 Å². The van der Waals surface area contributed by atoms with Crippen LogP contribution in [0.2, 0.25) is 0 Å². The number of pyridine rings is 1. The van der Waals surface area contributed by atoms with Gasteiger partial charge in [0, 0.05) is 40.6 Å². The monoisotopic (exact) mass is 652 g/mol. The van der Waals surface area contributed by atoms with Crippen LogP contribution in [0.1, 0.15) is 22.3 Å². The van der Waals surface area contributed by atoms with Crippen LogP contribution in [0.4, 0.5) is 17.1 Å². The maximum absolute atomic E-state index is 6.59. The van der Waals surface area contributed by atoms with Crippen LogP contribution in [0.5, 0.6) is 11.5 Å². The summed E-state index contributed by atoms with van der Waals surface area (Å²) in [4.78, 5) is 6.72. The number of fused-ring (bicyclic) bond motifs is 9. The molecule has 0 bridgehead atoms. The van der Waals surface area contributed by atoms with Gasteiger partial charge in [-0.25, -0.2) is 0 Å². The van der Waals surface area contributed by atoms with Gasteiger partial charge in [-0.1, -0.05) is 127 Å². The van der Waals surface area contributed by atoms with Gasteiger partial charge in [0.2, 0.25) is 0 Å². The molecule has 3 heteroatoms. The Morgan fingerprint density at radius 1 is 0.392 bits per heavy atom. The fourth-order valence-electron chi connectivity index (χ4n) is 8.20. The molecule has 1 aromatic heterocycles. The van der Waals surface area contributed by atoms with Crippen LogP contribution >= 0.6 is 0 Å². The van der Waals surface area contributed by atoms with Gasteiger partial charge in [-0.05, 0) is 99.1 Å². The Bertz CT molecular complexity index is 2410. The standard InChI is InChI=1S/C48H32N2O/c1-2-11-33(12-3-1)34-20-24-37(25-21-34)50(38-26-22-35(23-27-38)36-13-10-30-49-32-36)39-28-29-41-40-14-4-5-15-42(40)48(45(41)31-39)43-16-6-8-18-46(43)51-47-19-9-7-17-44(47)48/h1-32H. The van der Waals surface area contributed by atoms with Crippen LogP contribution in [-0.2, 0) is 5.41 Å². The van der Waals surface area contributed by atoms with Crippen LogP contribution < -0.4 is 9.64 Å². The summed E-state index contributed by atoms with van der Waals surface area (Å²) in [5, 5.41) is 0. The van der Waals surface area contributed by atoms with E-state index in [0.29, 0.717) is 0 Å². The molecule has 7 aromatic carbocycles. The Hall–Kier alpha value is -6.71. The van der Waals surface area contributed by atoms with Gasteiger partial charge in [-0.2, -0.15) is 0 Å². The highest BCUT2D eigenvalue weighted by Gasteiger charge is 2.51. The lowest BCUT2D eigenvalue weighted by Gasteiger charge is -2.39. The topological polar surface area (TPSA) is 25.4 Å². The molecule has 51 heavy (non-hydrogen) atoms. The van der Waals surface area contributed by atoms with Crippen molar-refractivity contribution in [3.05, 3.63) is 217 Å². The molecule has 0 saturated heterocycles. The van der Waals surface area contributed by atoms with E-state index in [1.54, 1.807) is 0 Å². The zero-order valence-corrected chi connectivity index (χ0v) is 27.8. The first-order valence-electron chi connectivity index (χ1n) is 17.4. The lowest BCUT2D eigenvalue weighted by molar-refractivity contribution is 0.436. The molecule has 1 aliphatic heterocycles. The molecule has 10 rings (SSSR count). The van der Waals surface area contributed by atoms with E-state index in [1.165, 1.54) is 33.4 Å². The number of benzene rings is 7. The van der Waals surface area contributed by atoms with E-state index in [9.17, 15) is 0 Å². The minimum Gasteiger partial charge on any atom is -0.457 e. The maximum atomic E-state index is 6.59. The minimum absolute atomic E-state index is 0.541. The molecule has 0 amide bonds. The molecule has 1 spiro atoms. The molecule has 8 aromatic rings. The molecular weight excluding hydrogens is 621 g/mol. The van der Waals surface area contributed by atoms with Gasteiger partial charge in [-0.3, -0.25) is 4.98 Å². The molecule has 0 radical (unpaired) electrons. The van der Waals surface area contributed by atoms with Gasteiger partial charge in [0.15, 0.2) is 0 Å². The first-order chi connectivity index (χ1) is 25.3. The smallest absolute Gasteiger partial charge is 0.132 e. The average Bonchev–Trinajstić information content (AvgIpc) is 3.49. The Morgan fingerprint density at radius 2 is 0.902 bits per heavy atom. The van der Waals surface area contributed by atoms with Crippen LogP contribution in [0.15, 0.2) is 194 Å². The summed E-state index contributed by atoms with van der Waals surface area (Å²) in [5.74, 6) is 1.78. The average molecular weight is 653 g/mol. The van der Waals surface area contributed by atoms with Gasteiger partial charge in [0.1, 0.15) is 11.5 Å². The summed E-state index contributed by atoms with van der Waals surface area (Å²) in [6.07, 6.45) is 3.73. The fourth-order valence-corrected chi connectivity index (χ4v) is 8.20. The van der Waals surface area contributed by atoms with Crippen molar-refractivity contribution >= 4 is 17.1 Å². The normalized spacial score (nSPS) is 13.0. The Balaban J connectivity index is 1.19. The fraction of sp³-hybridized carbons (Fsp3) is 0.0208. The predicted octanol–water partition coefficient (Wildman–Crippen LogP) is 12.4. The number of anilines is 3. The first-order valence-corrected chi connectivity index (χ1v) is 17.4. The van der Waals surface area contributed by atoms with Crippen molar-refractivity contribution in [2.24, 2.45) is 0 Å². The second-order valence-corrected chi connectivity index (χ2v) is 13.2. The van der Waals surface area contributed by atoms with Crippen LogP contribution in [0.25, 0.3) is 33.4 Å². The highest BCUT2D eigenvalue weighted by molar-refractivity contribution is 5.91. The number of hydrogen-bond donors (Lipinski definition) is 0. The first kappa shape index (κ1) is 29.2. The third-order valence-corrected chi connectivity index (χ3v) is 10.4. The lowest BCUT2D eigenvalue weighted by atomic mass is 9.66. The number of para-hydroxylation sites is 2. The molecule has 1 aliphatic carbocycles. The summed E-state index contributed by atoms with van der Waals surface area (Å²) >= 11 is 0. The predicted molar refractivity (Wildman–Crippen MR) is 207 cm³/mol. The molecule has 240 valence electrons. The number of nitrogens with zero attached hydrogens (tertiary/aromatic N) is 2. The van der Waals surface area contributed by atoms with Crippen molar-refractivity contribution in [2.75, 3.05) is 4.90 Å². The molecule has 0 saturated carbocycles. The van der Waals surface area contributed by atoms with E-state index in [1.807, 2.05) is 18.5 Å². The van der Waals surface area contributed by atoms with E-state index >= 15 is 0 Å². The minimum atomic E-state index is -0.541. The zero-order valence-electron chi connectivity index (χ0n) is 27.8. The summed E-state index contributed by atoms with van der Waals surface area (Å²) in [6.45, 7) is 0. The molecule has 0 N–H and O–H groups in total. The van der Waals surface area contributed by atoms with Crippen molar-refractivity contribution in [2.45, 2.75) is 5.41 Å². The van der Waals surface area contributed by atoms with E-state index in [2.05, 4.69) is 186 Å². The summed E-state index contributed by atoms with van der Waals surface area (Å²) < 4.78 is 6.59. The second-order valence-electron chi connectivity index (χ2n) is 13.2. The van der Waals surface area contributed by atoms with Crippen LogP contribution in [0, 0.1) is 0 Å². The summed E-state index contributed by atoms with van der Waals surface area (Å²) in [6, 6.07) is 65.3. The molecule has 0 unspecified atom stereocenters. The molecule has 3 nitrogen and oxygen atoms in total. The summed E-state index contributed by atoms with van der Waals surface area (Å²) in [5.41, 5.74) is 14.7. The van der Waals surface area contributed by atoms with E-state index in [4.69, 9.17) is 4.74 Å². The number of hydrogen-bond acceptors (Lipinski definition) is 3. The maximum Gasteiger partial charge on any atom is 0.132 e. The molecule has 0 atom stereocenters. The van der Waals surface area contributed by atoms with E-state index in [-0.39, 0.29) is 0 Å². The molecular formula is C48H32N2O. The van der Waals surface area contributed by atoms with Crippen molar-refractivity contribution in [1.29, 1.82) is 0 Å². The molecule has 0 fully saturated rings. The van der Waals surface area contributed by atoms with Gasteiger partial charge < -0.3 is 9.64 Å². The third kappa shape index (κ3) is 4.56. The van der Waals surface area contributed by atoms with Crippen LogP contribution in [-0.4, -0.2) is 4.98 Å². The van der Waals surface area contributed by atoms with Crippen molar-refractivity contribution in [3.63, 3.8) is 0 Å².